The molecule has 1 atom stereocenters. The van der Waals surface area contributed by atoms with E-state index in [2.05, 4.69) is 17.3 Å². The summed E-state index contributed by atoms with van der Waals surface area (Å²) in [4.78, 5) is 11.6. The Morgan fingerprint density at radius 1 is 1.61 bits per heavy atom. The van der Waals surface area contributed by atoms with Gasteiger partial charge in [-0.05, 0) is 18.9 Å². The van der Waals surface area contributed by atoms with Crippen LogP contribution in [0.2, 0.25) is 0 Å². The van der Waals surface area contributed by atoms with Gasteiger partial charge in [0.05, 0.1) is 19.9 Å². The van der Waals surface area contributed by atoms with Crippen LogP contribution in [0.25, 0.3) is 0 Å². The van der Waals surface area contributed by atoms with E-state index in [-0.39, 0.29) is 12.0 Å². The number of esters is 1. The van der Waals surface area contributed by atoms with Crippen LogP contribution in [0.15, 0.2) is 12.4 Å². The van der Waals surface area contributed by atoms with Crippen molar-refractivity contribution in [2.45, 2.75) is 45.7 Å². The lowest BCUT2D eigenvalue weighted by molar-refractivity contribution is -0.143. The van der Waals surface area contributed by atoms with Gasteiger partial charge in [-0.3, -0.25) is 9.48 Å². The fourth-order valence-corrected chi connectivity index (χ4v) is 1.80. The molecule has 1 N–H and O–H groups in total. The molecule has 1 rings (SSSR count). The number of unbranched alkanes of at least 4 members (excludes halogenated alkanes) is 1. The van der Waals surface area contributed by atoms with Gasteiger partial charge in [0.1, 0.15) is 6.04 Å². The van der Waals surface area contributed by atoms with E-state index >= 15 is 0 Å². The number of carbonyl (C=O) groups is 1. The molecule has 1 heterocycles. The molecule has 1 unspecified atom stereocenters. The Hall–Kier alpha value is -1.36. The molecule has 1 aromatic rings. The summed E-state index contributed by atoms with van der Waals surface area (Å²) in [5.74, 6) is -0.180. The highest BCUT2D eigenvalue weighted by Crippen LogP contribution is 2.02. The minimum absolute atomic E-state index is 0.180. The van der Waals surface area contributed by atoms with Crippen LogP contribution in [-0.4, -0.2) is 35.4 Å². The summed E-state index contributed by atoms with van der Waals surface area (Å²) < 4.78 is 6.66. The number of nitrogens with zero attached hydrogens (tertiary/aromatic N) is 2. The molecule has 0 aliphatic rings. The second-order valence-electron chi connectivity index (χ2n) is 4.45. The van der Waals surface area contributed by atoms with Crippen molar-refractivity contribution in [3.63, 3.8) is 0 Å². The molecule has 0 aliphatic carbocycles. The van der Waals surface area contributed by atoms with Gasteiger partial charge in [0.2, 0.25) is 0 Å². The first-order valence-corrected chi connectivity index (χ1v) is 6.47. The van der Waals surface area contributed by atoms with E-state index in [0.717, 1.165) is 31.4 Å². The van der Waals surface area contributed by atoms with Crippen LogP contribution < -0.4 is 5.32 Å². The molecule has 0 radical (unpaired) electrons. The van der Waals surface area contributed by atoms with Crippen LogP contribution in [-0.2, 0) is 16.1 Å². The lowest BCUT2D eigenvalue weighted by atomic mass is 10.1. The van der Waals surface area contributed by atoms with E-state index in [1.807, 2.05) is 24.0 Å². The van der Waals surface area contributed by atoms with Gasteiger partial charge in [-0.25, -0.2) is 0 Å². The molecule has 5 nitrogen and oxygen atoms in total. The van der Waals surface area contributed by atoms with Crippen LogP contribution in [0.5, 0.6) is 0 Å². The van der Waals surface area contributed by atoms with Crippen molar-refractivity contribution in [1.29, 1.82) is 0 Å². The van der Waals surface area contributed by atoms with Crippen LogP contribution in [0.1, 0.15) is 31.7 Å². The summed E-state index contributed by atoms with van der Waals surface area (Å²) in [7, 11) is 1.43. The molecule has 1 aromatic heterocycles. The third kappa shape index (κ3) is 4.87. The summed E-state index contributed by atoms with van der Waals surface area (Å²) in [5.41, 5.74) is 1.14. The Balaban J connectivity index is 2.34. The third-order valence-corrected chi connectivity index (χ3v) is 2.83. The Morgan fingerprint density at radius 3 is 2.94 bits per heavy atom. The monoisotopic (exact) mass is 253 g/mol. The molecule has 5 heteroatoms. The van der Waals surface area contributed by atoms with Crippen molar-refractivity contribution < 1.29 is 9.53 Å². The van der Waals surface area contributed by atoms with Crippen LogP contribution in [0.4, 0.5) is 0 Å². The van der Waals surface area contributed by atoms with E-state index < -0.39 is 0 Å². The minimum atomic E-state index is -0.202. The number of hydrogen-bond donors (Lipinski definition) is 1. The number of rotatable bonds is 8. The molecule has 0 spiro atoms. The minimum Gasteiger partial charge on any atom is -0.468 e. The molecular weight excluding hydrogens is 230 g/mol. The highest BCUT2D eigenvalue weighted by molar-refractivity contribution is 5.75. The van der Waals surface area contributed by atoms with E-state index in [1.165, 1.54) is 7.11 Å². The fraction of sp³-hybridized carbons (Fsp3) is 0.692. The number of aryl methyl sites for hydroxylation is 1. The van der Waals surface area contributed by atoms with Crippen molar-refractivity contribution >= 4 is 5.97 Å². The van der Waals surface area contributed by atoms with E-state index in [1.54, 1.807) is 0 Å². The smallest absolute Gasteiger partial charge is 0.322 e. The summed E-state index contributed by atoms with van der Waals surface area (Å²) >= 11 is 0. The van der Waals surface area contributed by atoms with Crippen molar-refractivity contribution in [2.24, 2.45) is 0 Å². The number of nitrogens with one attached hydrogen (secondary N) is 1. The van der Waals surface area contributed by atoms with Crippen molar-refractivity contribution in [2.75, 3.05) is 13.7 Å². The second kappa shape index (κ2) is 7.87. The SMILES string of the molecule is CCCCC(NCCn1cc(C)cn1)C(=O)OC. The highest BCUT2D eigenvalue weighted by atomic mass is 16.5. The summed E-state index contributed by atoms with van der Waals surface area (Å²) in [6.45, 7) is 5.59. The van der Waals surface area contributed by atoms with Gasteiger partial charge in [-0.2, -0.15) is 5.10 Å². The zero-order valence-electron chi connectivity index (χ0n) is 11.5. The first-order chi connectivity index (χ1) is 8.67. The number of ether oxygens (including phenoxy) is 1. The quantitative estimate of drug-likeness (QED) is 0.714. The lowest BCUT2D eigenvalue weighted by Gasteiger charge is -2.16. The number of aromatic nitrogens is 2. The molecule has 0 saturated carbocycles. The molecule has 0 aliphatic heterocycles. The van der Waals surface area contributed by atoms with Crippen LogP contribution in [0, 0.1) is 6.92 Å². The Kier molecular flexibility index (Phi) is 6.43. The molecule has 0 fully saturated rings. The summed E-state index contributed by atoms with van der Waals surface area (Å²) in [6, 6.07) is -0.202. The molecule has 0 aromatic carbocycles. The van der Waals surface area contributed by atoms with E-state index in [0.29, 0.717) is 6.54 Å². The highest BCUT2D eigenvalue weighted by Gasteiger charge is 2.17. The molecule has 0 saturated heterocycles. The fourth-order valence-electron chi connectivity index (χ4n) is 1.80. The van der Waals surface area contributed by atoms with Crippen molar-refractivity contribution in [3.8, 4) is 0 Å². The standard InChI is InChI=1S/C13H23N3O2/c1-4-5-6-12(13(17)18-3)14-7-8-16-10-11(2)9-15-16/h9-10,12,14H,4-8H2,1-3H3. The maximum absolute atomic E-state index is 11.6. The average Bonchev–Trinajstić information content (AvgIpc) is 2.78. The Morgan fingerprint density at radius 2 is 2.39 bits per heavy atom. The number of hydrogen-bond acceptors (Lipinski definition) is 4. The predicted molar refractivity (Wildman–Crippen MR) is 70.3 cm³/mol. The van der Waals surface area contributed by atoms with Crippen molar-refractivity contribution in [1.82, 2.24) is 15.1 Å². The molecule has 0 amide bonds. The molecule has 18 heavy (non-hydrogen) atoms. The summed E-state index contributed by atoms with van der Waals surface area (Å²) in [5, 5.41) is 7.43. The average molecular weight is 253 g/mol. The van der Waals surface area contributed by atoms with Gasteiger partial charge in [0, 0.05) is 12.7 Å². The Labute approximate surface area is 109 Å². The van der Waals surface area contributed by atoms with Crippen molar-refractivity contribution in [3.05, 3.63) is 18.0 Å². The van der Waals surface area contributed by atoms with Crippen LogP contribution >= 0.6 is 0 Å². The second-order valence-corrected chi connectivity index (χ2v) is 4.45. The van der Waals surface area contributed by atoms with Gasteiger partial charge < -0.3 is 10.1 Å². The van der Waals surface area contributed by atoms with Gasteiger partial charge in [-0.15, -0.1) is 0 Å². The third-order valence-electron chi connectivity index (χ3n) is 2.83. The van der Waals surface area contributed by atoms with E-state index in [4.69, 9.17) is 4.74 Å². The predicted octanol–water partition coefficient (Wildman–Crippen LogP) is 1.51. The van der Waals surface area contributed by atoms with Gasteiger partial charge >= 0.3 is 5.97 Å². The zero-order chi connectivity index (χ0) is 13.4. The normalized spacial score (nSPS) is 12.4. The topological polar surface area (TPSA) is 56.2 Å². The lowest BCUT2D eigenvalue weighted by Crippen LogP contribution is -2.39. The summed E-state index contributed by atoms with van der Waals surface area (Å²) in [6.07, 6.45) is 6.73. The first-order valence-electron chi connectivity index (χ1n) is 6.47. The largest absolute Gasteiger partial charge is 0.468 e. The van der Waals surface area contributed by atoms with Crippen LogP contribution in [0.3, 0.4) is 0 Å². The number of carbonyl (C=O) groups excluding carboxylic acids is 1. The first kappa shape index (κ1) is 14.7. The van der Waals surface area contributed by atoms with Gasteiger partial charge in [-0.1, -0.05) is 19.8 Å². The Bertz CT molecular complexity index is 363. The maximum Gasteiger partial charge on any atom is 0.322 e. The number of methoxy groups -OCH3 is 1. The maximum atomic E-state index is 11.6. The zero-order valence-corrected chi connectivity index (χ0v) is 11.5. The van der Waals surface area contributed by atoms with Gasteiger partial charge in [0.25, 0.3) is 0 Å². The van der Waals surface area contributed by atoms with E-state index in [9.17, 15) is 4.79 Å². The molecule has 102 valence electrons. The molecular formula is C13H23N3O2. The van der Waals surface area contributed by atoms with Gasteiger partial charge in [0.15, 0.2) is 0 Å². The molecule has 0 bridgehead atoms.